The monoisotopic (exact) mass is 565 g/mol. The third kappa shape index (κ3) is 5.92. The van der Waals surface area contributed by atoms with Crippen LogP contribution in [0, 0.1) is 0 Å². The number of ether oxygens (including phenoxy) is 3. The highest BCUT2D eigenvalue weighted by Gasteiger charge is 2.52. The second kappa shape index (κ2) is 11.1. The fraction of sp³-hybridized carbons (Fsp3) is 0.296. The molecule has 2 atom stereocenters. The van der Waals surface area contributed by atoms with Gasteiger partial charge >= 0.3 is 21.3 Å². The van der Waals surface area contributed by atoms with Crippen LogP contribution >= 0.6 is 0 Å². The molecule has 0 amide bonds. The lowest BCUT2D eigenvalue weighted by atomic mass is 10.1. The molecule has 1 saturated heterocycles. The van der Waals surface area contributed by atoms with Crippen LogP contribution < -0.4 is 0 Å². The molecule has 1 aliphatic rings. The van der Waals surface area contributed by atoms with Crippen LogP contribution in [-0.4, -0.2) is 43.5 Å². The van der Waals surface area contributed by atoms with Crippen molar-refractivity contribution in [3.63, 3.8) is 0 Å². The van der Waals surface area contributed by atoms with Crippen molar-refractivity contribution < 1.29 is 40.8 Å². The summed E-state index contributed by atoms with van der Waals surface area (Å²) in [5.41, 5.74) is 0.852. The summed E-state index contributed by atoms with van der Waals surface area (Å²) in [6.45, 7) is 3.82. The first-order chi connectivity index (χ1) is 17.9. The standard InChI is InChI=1S/C27H26F2O7S2/c1-19(27(28,29)38(31,32)33)36-25(30)20-9-13-23(14-10-20)37(22-7-4-3-5-8-22)24-15-11-21(12-16-24)26(2)34-17-6-18-35-26/h3-5,7-16,19H,6,17-18H2,1-2H3/p+1. The Balaban J connectivity index is 1.60. The van der Waals surface area contributed by atoms with Crippen molar-refractivity contribution in [3.05, 3.63) is 90.0 Å². The lowest BCUT2D eigenvalue weighted by molar-refractivity contribution is -0.264. The van der Waals surface area contributed by atoms with Crippen LogP contribution in [0.1, 0.15) is 36.2 Å². The molecule has 1 aliphatic heterocycles. The summed E-state index contributed by atoms with van der Waals surface area (Å²) in [6.07, 6.45) is -1.54. The van der Waals surface area contributed by atoms with E-state index in [0.717, 1.165) is 26.7 Å². The Morgan fingerprint density at radius 3 is 1.97 bits per heavy atom. The third-order valence-corrected chi connectivity index (χ3v) is 9.31. The highest BCUT2D eigenvalue weighted by molar-refractivity contribution is 7.97. The van der Waals surface area contributed by atoms with Gasteiger partial charge in [0.05, 0.1) is 29.7 Å². The van der Waals surface area contributed by atoms with Crippen molar-refractivity contribution in [2.24, 2.45) is 0 Å². The van der Waals surface area contributed by atoms with Crippen molar-refractivity contribution in [2.45, 2.75) is 52.1 Å². The maximum absolute atomic E-state index is 13.8. The second-order valence-electron chi connectivity index (χ2n) is 8.75. The van der Waals surface area contributed by atoms with E-state index in [-0.39, 0.29) is 5.56 Å². The Morgan fingerprint density at radius 1 is 0.947 bits per heavy atom. The van der Waals surface area contributed by atoms with Gasteiger partial charge in [-0.25, -0.2) is 4.79 Å². The van der Waals surface area contributed by atoms with E-state index in [0.29, 0.717) is 20.1 Å². The number of hydrogen-bond donors (Lipinski definition) is 1. The Labute approximate surface area is 222 Å². The summed E-state index contributed by atoms with van der Waals surface area (Å²) in [5, 5.41) is -4.64. The predicted molar refractivity (Wildman–Crippen MR) is 137 cm³/mol. The first-order valence-corrected chi connectivity index (χ1v) is 14.4. The molecule has 4 rings (SSSR count). The first-order valence-electron chi connectivity index (χ1n) is 11.8. The van der Waals surface area contributed by atoms with Gasteiger partial charge in [-0.05, 0) is 80.9 Å². The van der Waals surface area contributed by atoms with E-state index in [1.807, 2.05) is 61.5 Å². The number of hydrogen-bond acceptors (Lipinski definition) is 6. The summed E-state index contributed by atoms with van der Waals surface area (Å²) < 4.78 is 74.5. The highest BCUT2D eigenvalue weighted by atomic mass is 32.2. The average Bonchev–Trinajstić information content (AvgIpc) is 2.90. The van der Waals surface area contributed by atoms with Gasteiger partial charge in [0.15, 0.2) is 26.6 Å². The van der Waals surface area contributed by atoms with Crippen LogP contribution in [0.25, 0.3) is 0 Å². The number of carbonyl (C=O) groups is 1. The molecule has 3 aromatic rings. The predicted octanol–water partition coefficient (Wildman–Crippen LogP) is 5.42. The van der Waals surface area contributed by atoms with Gasteiger partial charge in [0.1, 0.15) is 0 Å². The molecule has 0 aliphatic carbocycles. The highest BCUT2D eigenvalue weighted by Crippen LogP contribution is 2.35. The van der Waals surface area contributed by atoms with Gasteiger partial charge in [-0.2, -0.15) is 17.2 Å². The molecule has 3 aromatic carbocycles. The average molecular weight is 566 g/mol. The Morgan fingerprint density at radius 2 is 1.45 bits per heavy atom. The lowest BCUT2D eigenvalue weighted by Crippen LogP contribution is -2.42. The van der Waals surface area contributed by atoms with Crippen molar-refractivity contribution in [3.8, 4) is 0 Å². The molecular formula is C27H27F2O7S2+. The van der Waals surface area contributed by atoms with Crippen molar-refractivity contribution in [1.82, 2.24) is 0 Å². The van der Waals surface area contributed by atoms with E-state index in [4.69, 9.17) is 14.0 Å². The number of benzene rings is 3. The SMILES string of the molecule is CC(OC(=O)c1ccc([S+](c2ccccc2)c2ccc(C3(C)OCCCO3)cc2)cc1)C(F)(F)S(=O)(=O)O. The van der Waals surface area contributed by atoms with Crippen LogP contribution in [0.4, 0.5) is 8.78 Å². The van der Waals surface area contributed by atoms with E-state index >= 15 is 0 Å². The van der Waals surface area contributed by atoms with Gasteiger partial charge in [0.25, 0.3) is 0 Å². The molecule has 1 fully saturated rings. The Hall–Kier alpha value is -2.83. The largest absolute Gasteiger partial charge is 0.451 e. The van der Waals surface area contributed by atoms with Crippen LogP contribution in [0.3, 0.4) is 0 Å². The van der Waals surface area contributed by atoms with Crippen LogP contribution in [0.5, 0.6) is 0 Å². The zero-order valence-electron chi connectivity index (χ0n) is 20.7. The topological polar surface area (TPSA) is 99.1 Å². The zero-order valence-corrected chi connectivity index (χ0v) is 22.3. The van der Waals surface area contributed by atoms with Gasteiger partial charge in [-0.3, -0.25) is 4.55 Å². The Bertz CT molecular complexity index is 1360. The quantitative estimate of drug-likeness (QED) is 0.221. The number of rotatable bonds is 8. The molecule has 11 heteroatoms. The molecule has 0 spiro atoms. The van der Waals surface area contributed by atoms with Gasteiger partial charge in [-0.1, -0.05) is 18.2 Å². The zero-order chi connectivity index (χ0) is 27.6. The molecule has 1 heterocycles. The minimum absolute atomic E-state index is 0.0433. The summed E-state index contributed by atoms with van der Waals surface area (Å²) in [6, 6.07) is 23.9. The molecule has 2 unspecified atom stereocenters. The molecule has 1 N–H and O–H groups in total. The van der Waals surface area contributed by atoms with Gasteiger partial charge in [0, 0.05) is 5.56 Å². The minimum atomic E-state index is -5.75. The van der Waals surface area contributed by atoms with Crippen molar-refractivity contribution in [1.29, 1.82) is 0 Å². The van der Waals surface area contributed by atoms with E-state index < -0.39 is 44.1 Å². The van der Waals surface area contributed by atoms with E-state index in [9.17, 15) is 22.0 Å². The smallest absolute Gasteiger partial charge is 0.405 e. The third-order valence-electron chi connectivity index (χ3n) is 6.06. The maximum Gasteiger partial charge on any atom is 0.405 e. The number of halogens is 2. The summed E-state index contributed by atoms with van der Waals surface area (Å²) >= 11 is 0. The summed E-state index contributed by atoms with van der Waals surface area (Å²) in [7, 11) is -6.31. The molecule has 38 heavy (non-hydrogen) atoms. The van der Waals surface area contributed by atoms with Crippen LogP contribution in [0.2, 0.25) is 0 Å². The van der Waals surface area contributed by atoms with Crippen LogP contribution in [0.15, 0.2) is 93.5 Å². The van der Waals surface area contributed by atoms with E-state index in [1.165, 1.54) is 12.1 Å². The molecule has 0 bridgehead atoms. The molecular weight excluding hydrogens is 538 g/mol. The molecule has 0 saturated carbocycles. The Kier molecular flexibility index (Phi) is 8.24. The van der Waals surface area contributed by atoms with Gasteiger partial charge in [0.2, 0.25) is 0 Å². The molecule has 0 radical (unpaired) electrons. The lowest BCUT2D eigenvalue weighted by Gasteiger charge is -2.34. The van der Waals surface area contributed by atoms with Gasteiger partial charge < -0.3 is 14.2 Å². The summed E-state index contributed by atoms with van der Waals surface area (Å²) in [5.74, 6) is -1.95. The fourth-order valence-corrected chi connectivity index (χ4v) is 6.42. The molecule has 7 nitrogen and oxygen atoms in total. The number of esters is 1. The normalized spacial score (nSPS) is 17.4. The fourth-order valence-electron chi connectivity index (χ4n) is 3.89. The molecule has 202 valence electrons. The van der Waals surface area contributed by atoms with Gasteiger partial charge in [-0.15, -0.1) is 0 Å². The second-order valence-corrected chi connectivity index (χ2v) is 12.3. The van der Waals surface area contributed by atoms with Crippen molar-refractivity contribution >= 4 is 27.0 Å². The number of carbonyl (C=O) groups excluding carboxylic acids is 1. The minimum Gasteiger partial charge on any atom is -0.451 e. The van der Waals surface area contributed by atoms with E-state index in [1.54, 1.807) is 12.1 Å². The molecule has 0 aromatic heterocycles. The van der Waals surface area contributed by atoms with E-state index in [2.05, 4.69) is 4.74 Å². The van der Waals surface area contributed by atoms with Crippen molar-refractivity contribution in [2.75, 3.05) is 13.2 Å². The number of alkyl halides is 2. The summed E-state index contributed by atoms with van der Waals surface area (Å²) in [4.78, 5) is 15.3. The van der Waals surface area contributed by atoms with Crippen LogP contribution in [-0.2, 0) is 41.0 Å². The first kappa shape index (κ1) is 28.2. The maximum atomic E-state index is 13.8.